The minimum atomic E-state index is -1.64. The molecule has 0 saturated heterocycles. The van der Waals surface area contributed by atoms with Gasteiger partial charge in [-0.2, -0.15) is 0 Å². The second-order valence-corrected chi connectivity index (χ2v) is 2.93. The Kier molecular flexibility index (Phi) is 3.45. The van der Waals surface area contributed by atoms with Crippen LogP contribution in [0, 0.1) is 0 Å². The molecule has 0 saturated carbocycles. The topological polar surface area (TPSA) is 52.3 Å². The SMILES string of the molecule is COc1cccc(CC(F)C(N)=O)c1. The highest BCUT2D eigenvalue weighted by molar-refractivity contribution is 5.78. The van der Waals surface area contributed by atoms with E-state index in [1.54, 1.807) is 24.3 Å². The zero-order valence-electron chi connectivity index (χ0n) is 7.87. The number of methoxy groups -OCH3 is 1. The van der Waals surface area contributed by atoms with Crippen LogP contribution in [0.4, 0.5) is 4.39 Å². The fraction of sp³-hybridized carbons (Fsp3) is 0.300. The standard InChI is InChI=1S/C10H12FNO2/c1-14-8-4-2-3-7(5-8)6-9(11)10(12)13/h2-5,9H,6H2,1H3,(H2,12,13). The van der Waals surface area contributed by atoms with Crippen LogP contribution < -0.4 is 10.5 Å². The largest absolute Gasteiger partial charge is 0.497 e. The summed E-state index contributed by atoms with van der Waals surface area (Å²) in [5.74, 6) is -0.299. The van der Waals surface area contributed by atoms with Crippen molar-refractivity contribution < 1.29 is 13.9 Å². The number of ether oxygens (including phenoxy) is 1. The first-order chi connectivity index (χ1) is 6.63. The van der Waals surface area contributed by atoms with Gasteiger partial charge in [-0.15, -0.1) is 0 Å². The highest BCUT2D eigenvalue weighted by Crippen LogP contribution is 2.14. The van der Waals surface area contributed by atoms with Gasteiger partial charge >= 0.3 is 0 Å². The van der Waals surface area contributed by atoms with Crippen molar-refractivity contribution in [2.45, 2.75) is 12.6 Å². The van der Waals surface area contributed by atoms with Gasteiger partial charge in [0.25, 0.3) is 5.91 Å². The van der Waals surface area contributed by atoms with Crippen molar-refractivity contribution in [3.8, 4) is 5.75 Å². The Bertz CT molecular complexity index is 328. The number of hydrogen-bond acceptors (Lipinski definition) is 2. The minimum Gasteiger partial charge on any atom is -0.497 e. The molecule has 0 spiro atoms. The van der Waals surface area contributed by atoms with E-state index < -0.39 is 12.1 Å². The maximum Gasteiger partial charge on any atom is 0.252 e. The zero-order valence-corrected chi connectivity index (χ0v) is 7.87. The summed E-state index contributed by atoms with van der Waals surface area (Å²) in [4.78, 5) is 10.5. The molecule has 1 unspecified atom stereocenters. The first-order valence-electron chi connectivity index (χ1n) is 4.20. The molecule has 0 aromatic heterocycles. The van der Waals surface area contributed by atoms with E-state index in [0.29, 0.717) is 11.3 Å². The number of rotatable bonds is 4. The predicted octanol–water partition coefficient (Wildman–Crippen LogP) is 1.06. The van der Waals surface area contributed by atoms with E-state index in [1.807, 2.05) is 0 Å². The van der Waals surface area contributed by atoms with Crippen LogP contribution in [0.1, 0.15) is 5.56 Å². The minimum absolute atomic E-state index is 0.00741. The average Bonchev–Trinajstić information content (AvgIpc) is 2.18. The van der Waals surface area contributed by atoms with Crippen LogP contribution in [-0.2, 0) is 11.2 Å². The lowest BCUT2D eigenvalue weighted by molar-refractivity contribution is -0.122. The van der Waals surface area contributed by atoms with E-state index in [4.69, 9.17) is 10.5 Å². The van der Waals surface area contributed by atoms with Gasteiger partial charge < -0.3 is 10.5 Å². The molecule has 1 rings (SSSR count). The van der Waals surface area contributed by atoms with Gasteiger partial charge in [0.2, 0.25) is 0 Å². The van der Waals surface area contributed by atoms with Crippen molar-refractivity contribution in [1.29, 1.82) is 0 Å². The Balaban J connectivity index is 2.71. The molecule has 0 aliphatic heterocycles. The lowest BCUT2D eigenvalue weighted by Gasteiger charge is -2.05. The van der Waals surface area contributed by atoms with Crippen molar-refractivity contribution in [2.75, 3.05) is 7.11 Å². The third-order valence-corrected chi connectivity index (χ3v) is 1.86. The molecule has 1 atom stereocenters. The summed E-state index contributed by atoms with van der Waals surface area (Å²) in [5.41, 5.74) is 5.50. The molecular formula is C10H12FNO2. The Hall–Kier alpha value is -1.58. The van der Waals surface area contributed by atoms with Gasteiger partial charge in [-0.3, -0.25) is 4.79 Å². The van der Waals surface area contributed by atoms with E-state index in [-0.39, 0.29) is 6.42 Å². The number of hydrogen-bond donors (Lipinski definition) is 1. The smallest absolute Gasteiger partial charge is 0.252 e. The summed E-state index contributed by atoms with van der Waals surface area (Å²) in [6.07, 6.45) is -1.64. The predicted molar refractivity (Wildman–Crippen MR) is 50.8 cm³/mol. The van der Waals surface area contributed by atoms with Gasteiger partial charge in [0, 0.05) is 6.42 Å². The van der Waals surface area contributed by atoms with E-state index in [2.05, 4.69) is 0 Å². The van der Waals surface area contributed by atoms with Crippen LogP contribution >= 0.6 is 0 Å². The summed E-state index contributed by atoms with van der Waals surface area (Å²) in [7, 11) is 1.53. The molecule has 3 nitrogen and oxygen atoms in total. The van der Waals surface area contributed by atoms with Crippen LogP contribution in [0.15, 0.2) is 24.3 Å². The Morgan fingerprint density at radius 1 is 1.64 bits per heavy atom. The Morgan fingerprint density at radius 2 is 2.36 bits per heavy atom. The molecule has 1 amide bonds. The van der Waals surface area contributed by atoms with E-state index in [0.717, 1.165) is 0 Å². The van der Waals surface area contributed by atoms with Crippen LogP contribution in [0.5, 0.6) is 5.75 Å². The lowest BCUT2D eigenvalue weighted by atomic mass is 10.1. The van der Waals surface area contributed by atoms with Crippen LogP contribution in [0.3, 0.4) is 0 Å². The molecule has 0 fully saturated rings. The molecule has 2 N–H and O–H groups in total. The molecule has 0 bridgehead atoms. The number of carbonyl (C=O) groups excluding carboxylic acids is 1. The molecule has 0 radical (unpaired) electrons. The Morgan fingerprint density at radius 3 is 2.93 bits per heavy atom. The van der Waals surface area contributed by atoms with Gasteiger partial charge in [-0.1, -0.05) is 12.1 Å². The van der Waals surface area contributed by atoms with Crippen molar-refractivity contribution in [3.63, 3.8) is 0 Å². The average molecular weight is 197 g/mol. The van der Waals surface area contributed by atoms with Gasteiger partial charge in [0.05, 0.1) is 7.11 Å². The molecule has 14 heavy (non-hydrogen) atoms. The normalized spacial score (nSPS) is 12.1. The first kappa shape index (κ1) is 10.5. The van der Waals surface area contributed by atoms with E-state index >= 15 is 0 Å². The fourth-order valence-electron chi connectivity index (χ4n) is 1.11. The summed E-state index contributed by atoms with van der Waals surface area (Å²) in [6.45, 7) is 0. The van der Waals surface area contributed by atoms with Crippen LogP contribution in [0.25, 0.3) is 0 Å². The molecule has 1 aromatic rings. The molecule has 0 aliphatic carbocycles. The maximum absolute atomic E-state index is 12.9. The molecule has 1 aromatic carbocycles. The second kappa shape index (κ2) is 4.60. The van der Waals surface area contributed by atoms with Crippen LogP contribution in [-0.4, -0.2) is 19.2 Å². The number of benzene rings is 1. The number of carbonyl (C=O) groups is 1. The maximum atomic E-state index is 12.9. The molecular weight excluding hydrogens is 185 g/mol. The number of halogens is 1. The molecule has 0 aliphatic rings. The summed E-state index contributed by atoms with van der Waals surface area (Å²) < 4.78 is 17.9. The van der Waals surface area contributed by atoms with Crippen molar-refractivity contribution in [1.82, 2.24) is 0 Å². The third kappa shape index (κ3) is 2.73. The summed E-state index contributed by atoms with van der Waals surface area (Å²) in [5, 5.41) is 0. The van der Waals surface area contributed by atoms with Crippen molar-refractivity contribution in [2.24, 2.45) is 5.73 Å². The van der Waals surface area contributed by atoms with E-state index in [1.165, 1.54) is 7.11 Å². The van der Waals surface area contributed by atoms with Crippen molar-refractivity contribution in [3.05, 3.63) is 29.8 Å². The quantitative estimate of drug-likeness (QED) is 0.784. The molecule has 4 heteroatoms. The zero-order chi connectivity index (χ0) is 10.6. The van der Waals surface area contributed by atoms with Crippen molar-refractivity contribution >= 4 is 5.91 Å². The van der Waals surface area contributed by atoms with Crippen LogP contribution in [0.2, 0.25) is 0 Å². The number of amides is 1. The number of nitrogens with two attached hydrogens (primary N) is 1. The lowest BCUT2D eigenvalue weighted by Crippen LogP contribution is -2.26. The fourth-order valence-corrected chi connectivity index (χ4v) is 1.11. The highest BCUT2D eigenvalue weighted by Gasteiger charge is 2.13. The summed E-state index contributed by atoms with van der Waals surface area (Å²) in [6, 6.07) is 6.89. The first-order valence-corrected chi connectivity index (χ1v) is 4.20. The molecule has 76 valence electrons. The van der Waals surface area contributed by atoms with Gasteiger partial charge in [-0.25, -0.2) is 4.39 Å². The van der Waals surface area contributed by atoms with Gasteiger partial charge in [0.1, 0.15) is 5.75 Å². The second-order valence-electron chi connectivity index (χ2n) is 2.93. The molecule has 0 heterocycles. The monoisotopic (exact) mass is 197 g/mol. The van der Waals surface area contributed by atoms with Gasteiger partial charge in [-0.05, 0) is 17.7 Å². The van der Waals surface area contributed by atoms with Gasteiger partial charge in [0.15, 0.2) is 6.17 Å². The summed E-state index contributed by atoms with van der Waals surface area (Å²) >= 11 is 0. The van der Waals surface area contributed by atoms with E-state index in [9.17, 15) is 9.18 Å². The Labute approximate surface area is 81.7 Å². The highest BCUT2D eigenvalue weighted by atomic mass is 19.1. The third-order valence-electron chi connectivity index (χ3n) is 1.86. The number of primary amides is 1. The number of alkyl halides is 1.